The molecule has 0 fully saturated rings. The Hall–Kier alpha value is -1.08. The molecular formula is C9H14F3N3O. The van der Waals surface area contributed by atoms with Gasteiger partial charge in [-0.25, -0.2) is 0 Å². The van der Waals surface area contributed by atoms with Crippen LogP contribution in [0.25, 0.3) is 0 Å². The Kier molecular flexibility index (Phi) is 3.93. The van der Waals surface area contributed by atoms with Crippen molar-refractivity contribution < 1.29 is 18.3 Å². The number of aliphatic hydroxyl groups is 1. The Labute approximate surface area is 91.1 Å². The molecule has 0 amide bonds. The van der Waals surface area contributed by atoms with Crippen LogP contribution in [0, 0.1) is 6.92 Å². The van der Waals surface area contributed by atoms with Crippen LogP contribution in [0.2, 0.25) is 0 Å². The molecule has 1 rings (SSSR count). The molecule has 0 aliphatic rings. The maximum Gasteiger partial charge on any atom is 0.415 e. The number of hydrogen-bond donors (Lipinski definition) is 2. The number of hydrogen-bond acceptors (Lipinski definition) is 3. The zero-order valence-corrected chi connectivity index (χ0v) is 9.04. The summed E-state index contributed by atoms with van der Waals surface area (Å²) in [6.07, 6.45) is -6.91. The van der Waals surface area contributed by atoms with Crippen LogP contribution in [0.3, 0.4) is 0 Å². The molecule has 0 saturated carbocycles. The molecule has 1 heterocycles. The number of halogens is 3. The van der Waals surface area contributed by atoms with E-state index in [1.807, 2.05) is 0 Å². The molecule has 92 valence electrons. The SMILES string of the molecule is Cc1cc(CNCC(O)C(F)(F)F)n(C)n1. The number of aromatic nitrogens is 2. The molecule has 4 nitrogen and oxygen atoms in total. The normalized spacial score (nSPS) is 14.1. The number of nitrogens with one attached hydrogen (secondary N) is 1. The lowest BCUT2D eigenvalue weighted by molar-refractivity contribution is -0.201. The van der Waals surface area contributed by atoms with E-state index in [9.17, 15) is 13.2 Å². The van der Waals surface area contributed by atoms with Crippen molar-refractivity contribution in [2.24, 2.45) is 7.05 Å². The highest BCUT2D eigenvalue weighted by atomic mass is 19.4. The van der Waals surface area contributed by atoms with Gasteiger partial charge >= 0.3 is 6.18 Å². The van der Waals surface area contributed by atoms with Gasteiger partial charge in [-0.05, 0) is 13.0 Å². The Balaban J connectivity index is 2.39. The van der Waals surface area contributed by atoms with E-state index in [1.54, 1.807) is 24.7 Å². The second kappa shape index (κ2) is 4.84. The number of alkyl halides is 3. The van der Waals surface area contributed by atoms with Gasteiger partial charge in [0.2, 0.25) is 0 Å². The van der Waals surface area contributed by atoms with E-state index in [1.165, 1.54) is 0 Å². The second-order valence-electron chi connectivity index (χ2n) is 3.59. The molecule has 1 unspecified atom stereocenters. The smallest absolute Gasteiger partial charge is 0.382 e. The van der Waals surface area contributed by atoms with Gasteiger partial charge < -0.3 is 10.4 Å². The van der Waals surface area contributed by atoms with Crippen molar-refractivity contribution in [1.82, 2.24) is 15.1 Å². The van der Waals surface area contributed by atoms with Crippen LogP contribution >= 0.6 is 0 Å². The monoisotopic (exact) mass is 237 g/mol. The van der Waals surface area contributed by atoms with E-state index in [-0.39, 0.29) is 6.54 Å². The topological polar surface area (TPSA) is 50.1 Å². The molecule has 0 aliphatic carbocycles. The minimum Gasteiger partial charge on any atom is -0.382 e. The predicted molar refractivity (Wildman–Crippen MR) is 51.7 cm³/mol. The highest BCUT2D eigenvalue weighted by Crippen LogP contribution is 2.19. The van der Waals surface area contributed by atoms with E-state index in [0.717, 1.165) is 11.4 Å². The van der Waals surface area contributed by atoms with E-state index >= 15 is 0 Å². The summed E-state index contributed by atoms with van der Waals surface area (Å²) in [5.41, 5.74) is 1.57. The fourth-order valence-electron chi connectivity index (χ4n) is 1.28. The number of aryl methyl sites for hydroxylation is 2. The van der Waals surface area contributed by atoms with Gasteiger partial charge in [0, 0.05) is 20.1 Å². The van der Waals surface area contributed by atoms with Gasteiger partial charge in [0.05, 0.1) is 11.4 Å². The van der Waals surface area contributed by atoms with Gasteiger partial charge in [-0.1, -0.05) is 0 Å². The summed E-state index contributed by atoms with van der Waals surface area (Å²) in [5, 5.41) is 15.3. The minimum atomic E-state index is -4.57. The molecule has 0 bridgehead atoms. The highest BCUT2D eigenvalue weighted by Gasteiger charge is 2.37. The van der Waals surface area contributed by atoms with Gasteiger partial charge in [0.1, 0.15) is 0 Å². The highest BCUT2D eigenvalue weighted by molar-refractivity contribution is 5.08. The maximum absolute atomic E-state index is 12.0. The third kappa shape index (κ3) is 3.49. The van der Waals surface area contributed by atoms with Crippen molar-refractivity contribution in [3.05, 3.63) is 17.5 Å². The van der Waals surface area contributed by atoms with E-state index in [4.69, 9.17) is 5.11 Å². The quantitative estimate of drug-likeness (QED) is 0.812. The lowest BCUT2D eigenvalue weighted by atomic mass is 10.3. The van der Waals surface area contributed by atoms with Gasteiger partial charge in [0.15, 0.2) is 6.10 Å². The van der Waals surface area contributed by atoms with Gasteiger partial charge in [-0.15, -0.1) is 0 Å². The van der Waals surface area contributed by atoms with Crippen molar-refractivity contribution >= 4 is 0 Å². The first kappa shape index (κ1) is 13.0. The van der Waals surface area contributed by atoms with Crippen LogP contribution in [0.15, 0.2) is 6.07 Å². The zero-order chi connectivity index (χ0) is 12.3. The standard InChI is InChI=1S/C9H14F3N3O/c1-6-3-7(15(2)14-6)4-13-5-8(16)9(10,11)12/h3,8,13,16H,4-5H2,1-2H3. The molecule has 0 aliphatic heterocycles. The third-order valence-corrected chi connectivity index (χ3v) is 2.12. The van der Waals surface area contributed by atoms with Crippen LogP contribution in [0.1, 0.15) is 11.4 Å². The molecule has 0 saturated heterocycles. The fraction of sp³-hybridized carbons (Fsp3) is 0.667. The first-order valence-corrected chi connectivity index (χ1v) is 4.75. The summed E-state index contributed by atoms with van der Waals surface area (Å²) in [6, 6.07) is 1.77. The largest absolute Gasteiger partial charge is 0.415 e. The Morgan fingerprint density at radius 1 is 1.56 bits per heavy atom. The van der Waals surface area contributed by atoms with Crippen molar-refractivity contribution in [2.75, 3.05) is 6.54 Å². The fourth-order valence-corrected chi connectivity index (χ4v) is 1.28. The summed E-state index contributed by atoms with van der Waals surface area (Å²) >= 11 is 0. The lowest BCUT2D eigenvalue weighted by Crippen LogP contribution is -2.38. The summed E-state index contributed by atoms with van der Waals surface area (Å²) in [6.45, 7) is 1.52. The van der Waals surface area contributed by atoms with Gasteiger partial charge in [-0.3, -0.25) is 4.68 Å². The minimum absolute atomic E-state index is 0.241. The summed E-state index contributed by atoms with van der Waals surface area (Å²) in [4.78, 5) is 0. The molecular weight excluding hydrogens is 223 g/mol. The molecule has 2 N–H and O–H groups in total. The van der Waals surface area contributed by atoms with Crippen LogP contribution in [-0.4, -0.2) is 33.7 Å². The first-order valence-electron chi connectivity index (χ1n) is 4.75. The molecule has 16 heavy (non-hydrogen) atoms. The van der Waals surface area contributed by atoms with E-state index < -0.39 is 18.8 Å². The van der Waals surface area contributed by atoms with Gasteiger partial charge in [-0.2, -0.15) is 18.3 Å². The average Bonchev–Trinajstić information content (AvgIpc) is 2.43. The van der Waals surface area contributed by atoms with Crippen LogP contribution in [0.4, 0.5) is 13.2 Å². The molecule has 1 aromatic rings. The number of rotatable bonds is 4. The molecule has 0 radical (unpaired) electrons. The average molecular weight is 237 g/mol. The second-order valence-corrected chi connectivity index (χ2v) is 3.59. The third-order valence-electron chi connectivity index (χ3n) is 2.12. The molecule has 0 aromatic carbocycles. The molecule has 0 spiro atoms. The summed E-state index contributed by atoms with van der Waals surface area (Å²) in [5.74, 6) is 0. The van der Waals surface area contributed by atoms with Crippen LogP contribution < -0.4 is 5.32 Å². The van der Waals surface area contributed by atoms with Crippen LogP contribution in [-0.2, 0) is 13.6 Å². The maximum atomic E-state index is 12.0. The van der Waals surface area contributed by atoms with E-state index in [0.29, 0.717) is 0 Å². The number of nitrogens with zero attached hydrogens (tertiary/aromatic N) is 2. The summed E-state index contributed by atoms with van der Waals surface area (Å²) < 4.78 is 37.4. The van der Waals surface area contributed by atoms with E-state index in [2.05, 4.69) is 10.4 Å². The van der Waals surface area contributed by atoms with Crippen molar-refractivity contribution in [3.8, 4) is 0 Å². The van der Waals surface area contributed by atoms with Crippen LogP contribution in [0.5, 0.6) is 0 Å². The number of aliphatic hydroxyl groups excluding tert-OH is 1. The summed E-state index contributed by atoms with van der Waals surface area (Å²) in [7, 11) is 1.71. The Bertz CT molecular complexity index is 348. The molecule has 7 heteroatoms. The van der Waals surface area contributed by atoms with Crippen molar-refractivity contribution in [2.45, 2.75) is 25.7 Å². The Morgan fingerprint density at radius 3 is 2.62 bits per heavy atom. The van der Waals surface area contributed by atoms with Gasteiger partial charge in [0.25, 0.3) is 0 Å². The zero-order valence-electron chi connectivity index (χ0n) is 9.04. The molecule has 1 atom stereocenters. The van der Waals surface area contributed by atoms with Crippen molar-refractivity contribution in [1.29, 1.82) is 0 Å². The Morgan fingerprint density at radius 2 is 2.19 bits per heavy atom. The van der Waals surface area contributed by atoms with Crippen molar-refractivity contribution in [3.63, 3.8) is 0 Å². The lowest BCUT2D eigenvalue weighted by Gasteiger charge is -2.14. The first-order chi connectivity index (χ1) is 7.30. The molecule has 1 aromatic heterocycles. The predicted octanol–water partition coefficient (Wildman–Crippen LogP) is 0.741.